The van der Waals surface area contributed by atoms with Gasteiger partial charge in [-0.25, -0.2) is 0 Å². The number of hydrogen-bond donors (Lipinski definition) is 1. The van der Waals surface area contributed by atoms with Crippen LogP contribution in [0.1, 0.15) is 44.5 Å². The number of nitrogens with two attached hydrogens (primary N) is 1. The van der Waals surface area contributed by atoms with Crippen LogP contribution in [0.5, 0.6) is 0 Å². The SMILES string of the molecule is Nc1ccc(C#Cc2ccc(C#Cc3cc4ccc3CCc3ccccc3CC4)cc2)cc1. The second-order valence-corrected chi connectivity index (χ2v) is 8.46. The molecular weight excluding hydrogens is 398 g/mol. The highest BCUT2D eigenvalue weighted by Crippen LogP contribution is 2.21. The summed E-state index contributed by atoms with van der Waals surface area (Å²) in [5, 5.41) is 0. The van der Waals surface area contributed by atoms with E-state index in [1.807, 2.05) is 48.5 Å². The van der Waals surface area contributed by atoms with Crippen LogP contribution in [-0.2, 0) is 25.7 Å². The van der Waals surface area contributed by atoms with Crippen molar-refractivity contribution in [3.63, 3.8) is 0 Å². The van der Waals surface area contributed by atoms with Gasteiger partial charge in [0, 0.05) is 27.9 Å². The zero-order valence-corrected chi connectivity index (χ0v) is 18.6. The first kappa shape index (κ1) is 20.7. The smallest absolute Gasteiger partial charge is 0.0314 e. The maximum absolute atomic E-state index is 5.73. The summed E-state index contributed by atoms with van der Waals surface area (Å²) in [6.45, 7) is 0. The molecule has 0 amide bonds. The number of nitrogen functional groups attached to an aromatic ring is 1. The molecule has 0 atom stereocenters. The molecule has 2 N–H and O–H groups in total. The Labute approximate surface area is 196 Å². The first-order valence-electron chi connectivity index (χ1n) is 11.4. The fourth-order valence-electron chi connectivity index (χ4n) is 4.19. The number of aryl methyl sites for hydroxylation is 4. The van der Waals surface area contributed by atoms with Gasteiger partial charge in [-0.05, 0) is 103 Å². The predicted molar refractivity (Wildman–Crippen MR) is 137 cm³/mol. The molecule has 1 nitrogen and oxygen atoms in total. The number of hydrogen-bond acceptors (Lipinski definition) is 1. The molecule has 0 aromatic heterocycles. The Morgan fingerprint density at radius 3 is 1.64 bits per heavy atom. The summed E-state index contributed by atoms with van der Waals surface area (Å²) in [4.78, 5) is 0. The van der Waals surface area contributed by atoms with E-state index in [4.69, 9.17) is 5.73 Å². The van der Waals surface area contributed by atoms with Crippen LogP contribution < -0.4 is 5.73 Å². The Bertz CT molecular complexity index is 1400. The Morgan fingerprint density at radius 1 is 0.485 bits per heavy atom. The minimum Gasteiger partial charge on any atom is -0.399 e. The molecule has 0 saturated heterocycles. The van der Waals surface area contributed by atoms with Gasteiger partial charge in [0.25, 0.3) is 0 Å². The van der Waals surface area contributed by atoms with Crippen LogP contribution in [0.4, 0.5) is 5.69 Å². The molecular formula is C32H25N. The van der Waals surface area contributed by atoms with E-state index < -0.39 is 0 Å². The van der Waals surface area contributed by atoms with Crippen molar-refractivity contribution in [1.82, 2.24) is 0 Å². The van der Waals surface area contributed by atoms with E-state index >= 15 is 0 Å². The molecule has 4 aromatic rings. The lowest BCUT2D eigenvalue weighted by Crippen LogP contribution is -2.04. The lowest BCUT2D eigenvalue weighted by atomic mass is 9.90. The van der Waals surface area contributed by atoms with Crippen LogP contribution >= 0.6 is 0 Å². The summed E-state index contributed by atoms with van der Waals surface area (Å²) in [5.41, 5.74) is 16.2. The molecule has 2 aliphatic rings. The van der Waals surface area contributed by atoms with Gasteiger partial charge in [0.15, 0.2) is 0 Å². The average Bonchev–Trinajstić information content (AvgIpc) is 2.86. The van der Waals surface area contributed by atoms with Gasteiger partial charge >= 0.3 is 0 Å². The highest BCUT2D eigenvalue weighted by atomic mass is 14.5. The van der Waals surface area contributed by atoms with Crippen LogP contribution in [0.15, 0.2) is 91.0 Å². The van der Waals surface area contributed by atoms with E-state index in [9.17, 15) is 0 Å². The standard InChI is InChI=1S/C32H25N/c33-32-21-14-26(15-22-32)10-7-24-5-8-25(9-6-24)11-18-31-23-27-12-16-28-3-1-2-4-29(28)19-20-30(31)17-13-27/h1-6,8-9,13-15,17,21-23H,12,16,19-20,33H2. The number of fused-ring (bicyclic) bond motifs is 4. The van der Waals surface area contributed by atoms with Crippen molar-refractivity contribution in [3.05, 3.63) is 136 Å². The van der Waals surface area contributed by atoms with E-state index in [0.717, 1.165) is 53.6 Å². The van der Waals surface area contributed by atoms with Crippen LogP contribution in [0.3, 0.4) is 0 Å². The quantitative estimate of drug-likeness (QED) is 0.274. The second-order valence-electron chi connectivity index (χ2n) is 8.46. The summed E-state index contributed by atoms with van der Waals surface area (Å²) >= 11 is 0. The third-order valence-corrected chi connectivity index (χ3v) is 6.13. The number of anilines is 1. The van der Waals surface area contributed by atoms with Gasteiger partial charge in [-0.2, -0.15) is 0 Å². The van der Waals surface area contributed by atoms with E-state index in [1.54, 1.807) is 0 Å². The van der Waals surface area contributed by atoms with Crippen molar-refractivity contribution in [2.75, 3.05) is 5.73 Å². The molecule has 0 fully saturated rings. The molecule has 33 heavy (non-hydrogen) atoms. The Balaban J connectivity index is 1.34. The second kappa shape index (κ2) is 9.52. The normalized spacial score (nSPS) is 12.0. The van der Waals surface area contributed by atoms with Gasteiger partial charge in [0.2, 0.25) is 0 Å². The Morgan fingerprint density at radius 2 is 1.00 bits per heavy atom. The Hall–Kier alpha value is -4.20. The molecule has 1 heteroatoms. The predicted octanol–water partition coefficient (Wildman–Crippen LogP) is 5.95. The van der Waals surface area contributed by atoms with Crippen molar-refractivity contribution in [3.8, 4) is 23.7 Å². The summed E-state index contributed by atoms with van der Waals surface area (Å²) in [6.07, 6.45) is 4.21. The van der Waals surface area contributed by atoms with Crippen LogP contribution in [0, 0.1) is 23.7 Å². The van der Waals surface area contributed by atoms with Gasteiger partial charge in [0.05, 0.1) is 0 Å². The maximum Gasteiger partial charge on any atom is 0.0314 e. The highest BCUT2D eigenvalue weighted by molar-refractivity contribution is 5.51. The van der Waals surface area contributed by atoms with Gasteiger partial charge in [-0.3, -0.25) is 0 Å². The maximum atomic E-state index is 5.73. The van der Waals surface area contributed by atoms with Crippen molar-refractivity contribution >= 4 is 5.69 Å². The molecule has 2 aliphatic carbocycles. The lowest BCUT2D eigenvalue weighted by Gasteiger charge is -2.14. The van der Waals surface area contributed by atoms with Crippen LogP contribution in [0.25, 0.3) is 0 Å². The van der Waals surface area contributed by atoms with Crippen LogP contribution in [0.2, 0.25) is 0 Å². The average molecular weight is 424 g/mol. The van der Waals surface area contributed by atoms with E-state index in [2.05, 4.69) is 66.1 Å². The van der Waals surface area contributed by atoms with E-state index in [-0.39, 0.29) is 0 Å². The summed E-state index contributed by atoms with van der Waals surface area (Å²) in [5.74, 6) is 13.2. The van der Waals surface area contributed by atoms with Gasteiger partial charge in [-0.1, -0.05) is 60.1 Å². The largest absolute Gasteiger partial charge is 0.399 e. The third kappa shape index (κ3) is 5.17. The van der Waals surface area contributed by atoms with Gasteiger partial charge in [-0.15, -0.1) is 0 Å². The van der Waals surface area contributed by atoms with Gasteiger partial charge < -0.3 is 5.73 Å². The molecule has 0 unspecified atom stereocenters. The fourth-order valence-corrected chi connectivity index (χ4v) is 4.19. The monoisotopic (exact) mass is 423 g/mol. The number of rotatable bonds is 0. The zero-order valence-electron chi connectivity index (χ0n) is 18.6. The van der Waals surface area contributed by atoms with Gasteiger partial charge in [0.1, 0.15) is 0 Å². The minimum atomic E-state index is 0.749. The minimum absolute atomic E-state index is 0.749. The molecule has 4 aromatic carbocycles. The molecule has 158 valence electrons. The summed E-state index contributed by atoms with van der Waals surface area (Å²) in [7, 11) is 0. The fraction of sp³-hybridized carbons (Fsp3) is 0.125. The molecule has 6 rings (SSSR count). The first-order chi connectivity index (χ1) is 16.2. The van der Waals surface area contributed by atoms with Crippen molar-refractivity contribution in [1.29, 1.82) is 0 Å². The molecule has 0 aliphatic heterocycles. The number of benzene rings is 4. The molecule has 0 spiro atoms. The molecule has 2 bridgehead atoms. The highest BCUT2D eigenvalue weighted by Gasteiger charge is 2.09. The summed E-state index contributed by atoms with van der Waals surface area (Å²) < 4.78 is 0. The van der Waals surface area contributed by atoms with Crippen molar-refractivity contribution < 1.29 is 0 Å². The topological polar surface area (TPSA) is 26.0 Å². The van der Waals surface area contributed by atoms with Crippen molar-refractivity contribution in [2.24, 2.45) is 0 Å². The first-order valence-corrected chi connectivity index (χ1v) is 11.4. The molecule has 0 heterocycles. The van der Waals surface area contributed by atoms with E-state index in [1.165, 1.54) is 22.3 Å². The lowest BCUT2D eigenvalue weighted by molar-refractivity contribution is 0.876. The molecule has 0 radical (unpaired) electrons. The van der Waals surface area contributed by atoms with Crippen molar-refractivity contribution in [2.45, 2.75) is 25.7 Å². The molecule has 0 saturated carbocycles. The zero-order chi connectivity index (χ0) is 22.5. The third-order valence-electron chi connectivity index (χ3n) is 6.13. The van der Waals surface area contributed by atoms with Crippen LogP contribution in [-0.4, -0.2) is 0 Å². The van der Waals surface area contributed by atoms with E-state index in [0.29, 0.717) is 0 Å². The summed E-state index contributed by atoms with van der Waals surface area (Å²) in [6, 6.07) is 31.4. The Kier molecular flexibility index (Phi) is 5.97.